The van der Waals surface area contributed by atoms with Gasteiger partial charge in [0.25, 0.3) is 0 Å². The van der Waals surface area contributed by atoms with Crippen LogP contribution in [-0.2, 0) is 10.5 Å². The Bertz CT molecular complexity index is 1060. The molecule has 1 aliphatic heterocycles. The number of thiazole rings is 1. The highest BCUT2D eigenvalue weighted by Gasteiger charge is 2.20. The Morgan fingerprint density at radius 1 is 1.13 bits per heavy atom. The third-order valence-corrected chi connectivity index (χ3v) is 6.65. The molecule has 0 fully saturated rings. The van der Waals surface area contributed by atoms with Gasteiger partial charge >= 0.3 is 0 Å². The van der Waals surface area contributed by atoms with Crippen LogP contribution in [0.4, 0.5) is 10.8 Å². The minimum atomic E-state index is -0.0431. The second-order valence-electron chi connectivity index (χ2n) is 7.21. The number of aromatic nitrogens is 1. The fourth-order valence-corrected chi connectivity index (χ4v) is 5.12. The number of nitrogens with zero attached hydrogens (tertiary/aromatic N) is 2. The molecular weight excluding hydrogens is 416 g/mol. The van der Waals surface area contributed by atoms with Crippen molar-refractivity contribution in [2.24, 2.45) is 0 Å². The van der Waals surface area contributed by atoms with Crippen LogP contribution >= 0.6 is 23.1 Å². The summed E-state index contributed by atoms with van der Waals surface area (Å²) < 4.78 is 11.5. The summed E-state index contributed by atoms with van der Waals surface area (Å²) in [4.78, 5) is 19.9. The lowest BCUT2D eigenvalue weighted by molar-refractivity contribution is -0.115. The summed E-state index contributed by atoms with van der Waals surface area (Å²) in [5.41, 5.74) is 4.06. The number of thioether (sulfide) groups is 1. The van der Waals surface area contributed by atoms with Gasteiger partial charge in [-0.25, -0.2) is 4.98 Å². The summed E-state index contributed by atoms with van der Waals surface area (Å²) in [6.07, 6.45) is 0.895. The SMILES string of the molecule is CC(=O)N(c1nc(CSc2ccc3c(c2)OCCCO3)cs1)c1ccc(C)cc1C. The number of carbonyl (C=O) groups is 1. The number of aryl methyl sites for hydroxylation is 2. The van der Waals surface area contributed by atoms with Gasteiger partial charge in [0.15, 0.2) is 16.6 Å². The van der Waals surface area contributed by atoms with E-state index in [1.165, 1.54) is 16.9 Å². The van der Waals surface area contributed by atoms with Gasteiger partial charge in [-0.2, -0.15) is 0 Å². The molecule has 0 N–H and O–H groups in total. The van der Waals surface area contributed by atoms with Crippen LogP contribution in [0.15, 0.2) is 46.7 Å². The van der Waals surface area contributed by atoms with Crippen LogP contribution in [0.2, 0.25) is 0 Å². The summed E-state index contributed by atoms with van der Waals surface area (Å²) in [6.45, 7) is 7.01. The molecule has 3 aromatic rings. The van der Waals surface area contributed by atoms with Crippen LogP contribution in [0.5, 0.6) is 11.5 Å². The molecular formula is C23H24N2O3S2. The molecule has 0 unspecified atom stereocenters. The van der Waals surface area contributed by atoms with E-state index in [-0.39, 0.29) is 5.91 Å². The average Bonchev–Trinajstić information content (AvgIpc) is 3.04. The van der Waals surface area contributed by atoms with Gasteiger partial charge in [0.2, 0.25) is 5.91 Å². The molecule has 2 aromatic carbocycles. The second-order valence-corrected chi connectivity index (χ2v) is 9.10. The van der Waals surface area contributed by atoms with Crippen molar-refractivity contribution in [3.63, 3.8) is 0 Å². The van der Waals surface area contributed by atoms with Gasteiger partial charge in [-0.05, 0) is 43.7 Å². The highest BCUT2D eigenvalue weighted by atomic mass is 32.2. The van der Waals surface area contributed by atoms with Crippen LogP contribution < -0.4 is 14.4 Å². The molecule has 0 atom stereocenters. The third-order valence-electron chi connectivity index (χ3n) is 4.74. The van der Waals surface area contributed by atoms with E-state index in [1.807, 2.05) is 49.6 Å². The monoisotopic (exact) mass is 440 g/mol. The van der Waals surface area contributed by atoms with Crippen molar-refractivity contribution in [3.05, 3.63) is 58.6 Å². The fraction of sp³-hybridized carbons (Fsp3) is 0.304. The summed E-state index contributed by atoms with van der Waals surface area (Å²) in [5.74, 6) is 2.28. The maximum absolute atomic E-state index is 12.4. The molecule has 0 saturated heterocycles. The van der Waals surface area contributed by atoms with E-state index in [0.29, 0.717) is 18.3 Å². The Hall–Kier alpha value is -2.51. The number of ether oxygens (including phenoxy) is 2. The lowest BCUT2D eigenvalue weighted by Gasteiger charge is -2.20. The van der Waals surface area contributed by atoms with Gasteiger partial charge in [-0.15, -0.1) is 23.1 Å². The number of amides is 1. The number of anilines is 2. The topological polar surface area (TPSA) is 51.7 Å². The molecule has 5 nitrogen and oxygen atoms in total. The first-order valence-corrected chi connectivity index (χ1v) is 11.7. The molecule has 0 saturated carbocycles. The van der Waals surface area contributed by atoms with Crippen molar-refractivity contribution in [1.82, 2.24) is 4.98 Å². The van der Waals surface area contributed by atoms with E-state index < -0.39 is 0 Å². The molecule has 1 aromatic heterocycles. The molecule has 7 heteroatoms. The van der Waals surface area contributed by atoms with Crippen molar-refractivity contribution < 1.29 is 14.3 Å². The summed E-state index contributed by atoms with van der Waals surface area (Å²) in [7, 11) is 0. The van der Waals surface area contributed by atoms with E-state index in [9.17, 15) is 4.79 Å². The minimum absolute atomic E-state index is 0.0431. The molecule has 0 spiro atoms. The van der Waals surface area contributed by atoms with E-state index in [1.54, 1.807) is 23.6 Å². The largest absolute Gasteiger partial charge is 0.490 e. The van der Waals surface area contributed by atoms with Gasteiger partial charge in [0.1, 0.15) is 0 Å². The maximum Gasteiger partial charge on any atom is 0.230 e. The van der Waals surface area contributed by atoms with E-state index >= 15 is 0 Å². The number of rotatable bonds is 5. The molecule has 0 bridgehead atoms. The lowest BCUT2D eigenvalue weighted by atomic mass is 10.1. The summed E-state index contributed by atoms with van der Waals surface area (Å²) >= 11 is 3.18. The number of benzene rings is 2. The van der Waals surface area contributed by atoms with Crippen molar-refractivity contribution in [3.8, 4) is 11.5 Å². The highest BCUT2D eigenvalue weighted by molar-refractivity contribution is 7.98. The number of carbonyl (C=O) groups excluding carboxylic acids is 1. The van der Waals surface area contributed by atoms with Crippen LogP contribution in [0.1, 0.15) is 30.2 Å². The van der Waals surface area contributed by atoms with Crippen LogP contribution in [-0.4, -0.2) is 24.1 Å². The Kier molecular flexibility index (Phi) is 6.29. The van der Waals surface area contributed by atoms with Crippen LogP contribution in [0.25, 0.3) is 0 Å². The first-order chi connectivity index (χ1) is 14.5. The molecule has 156 valence electrons. The van der Waals surface area contributed by atoms with Crippen LogP contribution in [0, 0.1) is 13.8 Å². The average molecular weight is 441 g/mol. The Labute approximate surface area is 185 Å². The molecule has 0 radical (unpaired) electrons. The van der Waals surface area contributed by atoms with Gasteiger partial charge in [0, 0.05) is 29.4 Å². The standard InChI is InChI=1S/C23H24N2O3S2/c1-15-5-7-20(16(2)11-15)25(17(3)26)23-24-18(14-30-23)13-29-19-6-8-21-22(12-19)28-10-4-9-27-21/h5-8,11-12,14H,4,9-10,13H2,1-3H3. The number of fused-ring (bicyclic) bond motifs is 1. The van der Waals surface area contributed by atoms with E-state index in [4.69, 9.17) is 14.5 Å². The van der Waals surface area contributed by atoms with E-state index in [2.05, 4.69) is 6.07 Å². The molecule has 1 amide bonds. The summed E-state index contributed by atoms with van der Waals surface area (Å²) in [5, 5.41) is 2.72. The van der Waals surface area contributed by atoms with Crippen molar-refractivity contribution in [2.75, 3.05) is 18.1 Å². The molecule has 30 heavy (non-hydrogen) atoms. The first-order valence-electron chi connectivity index (χ1n) is 9.86. The van der Waals surface area contributed by atoms with Crippen molar-refractivity contribution in [2.45, 2.75) is 37.8 Å². The number of hydrogen-bond donors (Lipinski definition) is 0. The zero-order chi connectivity index (χ0) is 21.1. The van der Waals surface area contributed by atoms with Gasteiger partial charge in [-0.1, -0.05) is 17.7 Å². The normalized spacial score (nSPS) is 13.0. The van der Waals surface area contributed by atoms with Gasteiger partial charge in [-0.3, -0.25) is 9.69 Å². The first kappa shape index (κ1) is 20.8. The molecule has 0 aliphatic carbocycles. The van der Waals surface area contributed by atoms with Gasteiger partial charge in [0.05, 0.1) is 24.6 Å². The zero-order valence-electron chi connectivity index (χ0n) is 17.3. The second kappa shape index (κ2) is 9.10. The smallest absolute Gasteiger partial charge is 0.230 e. The molecule has 2 heterocycles. The Morgan fingerprint density at radius 3 is 2.70 bits per heavy atom. The zero-order valence-corrected chi connectivity index (χ0v) is 18.9. The molecule has 1 aliphatic rings. The fourth-order valence-electron chi connectivity index (χ4n) is 3.32. The van der Waals surface area contributed by atoms with Crippen molar-refractivity contribution >= 4 is 39.8 Å². The predicted molar refractivity (Wildman–Crippen MR) is 122 cm³/mol. The van der Waals surface area contributed by atoms with Crippen molar-refractivity contribution in [1.29, 1.82) is 0 Å². The van der Waals surface area contributed by atoms with E-state index in [0.717, 1.165) is 45.5 Å². The predicted octanol–water partition coefficient (Wildman–Crippen LogP) is 5.90. The van der Waals surface area contributed by atoms with Gasteiger partial charge < -0.3 is 9.47 Å². The van der Waals surface area contributed by atoms with Crippen LogP contribution in [0.3, 0.4) is 0 Å². The number of hydrogen-bond acceptors (Lipinski definition) is 6. The maximum atomic E-state index is 12.4. The minimum Gasteiger partial charge on any atom is -0.490 e. The molecule has 4 rings (SSSR count). The highest BCUT2D eigenvalue weighted by Crippen LogP contribution is 2.36. The summed E-state index contributed by atoms with van der Waals surface area (Å²) in [6, 6.07) is 12.1. The third kappa shape index (κ3) is 4.63. The quantitative estimate of drug-likeness (QED) is 0.463. The lowest BCUT2D eigenvalue weighted by Crippen LogP contribution is -2.23. The Balaban J connectivity index is 1.49. The Morgan fingerprint density at radius 2 is 1.93 bits per heavy atom.